The Balaban J connectivity index is 1.19. The molecule has 4 heterocycles. The second kappa shape index (κ2) is 8.38. The van der Waals surface area contributed by atoms with E-state index in [0.717, 1.165) is 16.5 Å². The Hall–Kier alpha value is -4.21. The smallest absolute Gasteiger partial charge is 0.324 e. The van der Waals surface area contributed by atoms with Gasteiger partial charge in [0.05, 0.1) is 12.5 Å². The summed E-state index contributed by atoms with van der Waals surface area (Å²) in [6.45, 7) is 2.04. The van der Waals surface area contributed by atoms with Gasteiger partial charge in [0.1, 0.15) is 6.04 Å². The van der Waals surface area contributed by atoms with E-state index >= 15 is 0 Å². The second-order valence-corrected chi connectivity index (χ2v) is 8.08. The van der Waals surface area contributed by atoms with Crippen molar-refractivity contribution in [2.45, 2.75) is 31.8 Å². The average Bonchev–Trinajstić information content (AvgIpc) is 3.49. The van der Waals surface area contributed by atoms with E-state index in [0.29, 0.717) is 17.9 Å². The van der Waals surface area contributed by atoms with E-state index in [1.807, 2.05) is 54.9 Å². The fourth-order valence-corrected chi connectivity index (χ4v) is 4.20. The van der Waals surface area contributed by atoms with Crippen LogP contribution in [0.3, 0.4) is 0 Å². The van der Waals surface area contributed by atoms with Crippen molar-refractivity contribution in [1.82, 2.24) is 35.1 Å². The first-order valence-electron chi connectivity index (χ1n) is 10.8. The number of hydrogen-bond acceptors (Lipinski definition) is 5. The lowest BCUT2D eigenvalue weighted by Gasteiger charge is -2.15. The number of aromatic amines is 1. The number of rotatable bonds is 7. The number of para-hydroxylation sites is 1. The van der Waals surface area contributed by atoms with Gasteiger partial charge in [0.2, 0.25) is 5.91 Å². The van der Waals surface area contributed by atoms with Crippen molar-refractivity contribution in [1.29, 1.82) is 0 Å². The van der Waals surface area contributed by atoms with Crippen molar-refractivity contribution in [3.8, 4) is 0 Å². The number of fused-ring (bicyclic) bond motifs is 2. The number of imide groups is 1. The Morgan fingerprint density at radius 3 is 2.85 bits per heavy atom. The van der Waals surface area contributed by atoms with Crippen molar-refractivity contribution in [3.05, 3.63) is 66.2 Å². The number of benzene rings is 1. The molecule has 3 N–H and O–H groups in total. The lowest BCUT2D eigenvalue weighted by molar-refractivity contribution is -0.131. The molecule has 1 fully saturated rings. The summed E-state index contributed by atoms with van der Waals surface area (Å²) in [5.74, 6) is -0.163. The molecule has 168 valence electrons. The van der Waals surface area contributed by atoms with Gasteiger partial charge in [-0.1, -0.05) is 24.3 Å². The van der Waals surface area contributed by atoms with Gasteiger partial charge < -0.3 is 15.6 Å². The minimum absolute atomic E-state index is 0.144. The van der Waals surface area contributed by atoms with Crippen LogP contribution in [-0.4, -0.2) is 54.9 Å². The molecule has 1 saturated heterocycles. The molecule has 0 aliphatic carbocycles. The Kier molecular flexibility index (Phi) is 5.25. The van der Waals surface area contributed by atoms with Crippen LogP contribution >= 0.6 is 0 Å². The fourth-order valence-electron chi connectivity index (χ4n) is 4.20. The first kappa shape index (κ1) is 20.7. The number of carbonyl (C=O) groups excluding carboxylic acids is 3. The maximum atomic E-state index is 12.8. The highest BCUT2D eigenvalue weighted by Crippen LogP contribution is 2.20. The molecule has 10 heteroatoms. The van der Waals surface area contributed by atoms with Gasteiger partial charge in [-0.3, -0.25) is 18.9 Å². The number of nitrogens with zero attached hydrogens (tertiary/aromatic N) is 4. The van der Waals surface area contributed by atoms with Crippen LogP contribution in [0, 0.1) is 0 Å². The fraction of sp³-hybridized carbons (Fsp3) is 0.261. The van der Waals surface area contributed by atoms with Gasteiger partial charge in [-0.2, -0.15) is 0 Å². The van der Waals surface area contributed by atoms with Crippen LogP contribution in [0.15, 0.2) is 54.9 Å². The maximum absolute atomic E-state index is 12.8. The van der Waals surface area contributed by atoms with Gasteiger partial charge in [-0.15, -0.1) is 10.2 Å². The zero-order valence-electron chi connectivity index (χ0n) is 18.0. The zero-order valence-corrected chi connectivity index (χ0v) is 18.0. The molecule has 1 aliphatic rings. The van der Waals surface area contributed by atoms with Crippen molar-refractivity contribution in [3.63, 3.8) is 0 Å². The molecule has 4 aromatic rings. The van der Waals surface area contributed by atoms with Crippen LogP contribution in [0.2, 0.25) is 0 Å². The number of amides is 4. The summed E-state index contributed by atoms with van der Waals surface area (Å²) in [7, 11) is 0. The Labute approximate surface area is 189 Å². The summed E-state index contributed by atoms with van der Waals surface area (Å²) < 4.78 is 1.79. The topological polar surface area (TPSA) is 124 Å². The van der Waals surface area contributed by atoms with Gasteiger partial charge in [0.25, 0.3) is 5.91 Å². The molecule has 5 rings (SSSR count). The van der Waals surface area contributed by atoms with Gasteiger partial charge >= 0.3 is 6.03 Å². The summed E-state index contributed by atoms with van der Waals surface area (Å²) in [5.41, 5.74) is 2.72. The lowest BCUT2D eigenvalue weighted by atomic mass is 10.1. The summed E-state index contributed by atoms with van der Waals surface area (Å²) in [5, 5.41) is 14.8. The number of hydrogen-bond donors (Lipinski definition) is 3. The predicted molar refractivity (Wildman–Crippen MR) is 120 cm³/mol. The minimum Gasteiger partial charge on any atom is -0.361 e. The molecular formula is C23H23N7O3. The molecule has 1 aliphatic heterocycles. The van der Waals surface area contributed by atoms with Crippen LogP contribution in [0.25, 0.3) is 16.6 Å². The van der Waals surface area contributed by atoms with Gasteiger partial charge in [0.15, 0.2) is 11.5 Å². The molecule has 0 unspecified atom stereocenters. The molecule has 4 amide bonds. The van der Waals surface area contributed by atoms with Crippen LogP contribution in [0.4, 0.5) is 4.79 Å². The molecule has 10 nitrogen and oxygen atoms in total. The highest BCUT2D eigenvalue weighted by Gasteiger charge is 2.39. The molecule has 0 saturated carbocycles. The van der Waals surface area contributed by atoms with Crippen LogP contribution < -0.4 is 10.6 Å². The molecular weight excluding hydrogens is 422 g/mol. The van der Waals surface area contributed by atoms with E-state index in [4.69, 9.17) is 0 Å². The SMILES string of the molecule is C[C@@H](NC(=O)C[C@@H]1NC(=O)N(CCc2c[nH]c3ccccc23)C1=O)c1nnc2ccccn12. The third-order valence-corrected chi connectivity index (χ3v) is 5.88. The van der Waals surface area contributed by atoms with E-state index < -0.39 is 24.0 Å². The maximum Gasteiger partial charge on any atom is 0.324 e. The molecule has 33 heavy (non-hydrogen) atoms. The third-order valence-electron chi connectivity index (χ3n) is 5.88. The Morgan fingerprint density at radius 2 is 1.97 bits per heavy atom. The highest BCUT2D eigenvalue weighted by atomic mass is 16.2. The predicted octanol–water partition coefficient (Wildman–Crippen LogP) is 1.94. The number of carbonyl (C=O) groups is 3. The standard InChI is InChI=1S/C23H23N7O3/c1-14(21-28-27-19-8-4-5-10-29(19)21)25-20(31)12-18-22(32)30(23(33)26-18)11-9-15-13-24-17-7-3-2-6-16(15)17/h2-8,10,13-14,18,24H,9,11-12H2,1H3,(H,25,31)(H,26,33)/t14-,18+/m1/s1. The molecule has 2 atom stereocenters. The van der Waals surface area contributed by atoms with Crippen molar-refractivity contribution < 1.29 is 14.4 Å². The number of urea groups is 1. The van der Waals surface area contributed by atoms with E-state index in [9.17, 15) is 14.4 Å². The first-order valence-corrected chi connectivity index (χ1v) is 10.8. The van der Waals surface area contributed by atoms with Crippen molar-refractivity contribution in [2.75, 3.05) is 6.54 Å². The van der Waals surface area contributed by atoms with Crippen molar-refractivity contribution >= 4 is 34.4 Å². The molecule has 0 spiro atoms. The number of nitrogens with one attached hydrogen (secondary N) is 3. The van der Waals surface area contributed by atoms with Gasteiger partial charge in [-0.05, 0) is 37.1 Å². The summed E-state index contributed by atoms with van der Waals surface area (Å²) in [6, 6.07) is 11.6. The lowest BCUT2D eigenvalue weighted by Crippen LogP contribution is -2.38. The third kappa shape index (κ3) is 3.91. The second-order valence-electron chi connectivity index (χ2n) is 8.08. The van der Waals surface area contributed by atoms with Crippen LogP contribution in [0.1, 0.15) is 30.8 Å². The zero-order chi connectivity index (χ0) is 22.9. The largest absolute Gasteiger partial charge is 0.361 e. The quantitative estimate of drug-likeness (QED) is 0.375. The molecule has 0 radical (unpaired) electrons. The average molecular weight is 445 g/mol. The van der Waals surface area contributed by atoms with E-state index in [1.54, 1.807) is 11.3 Å². The van der Waals surface area contributed by atoms with E-state index in [-0.39, 0.29) is 18.9 Å². The Bertz CT molecular complexity index is 1360. The van der Waals surface area contributed by atoms with Crippen LogP contribution in [0.5, 0.6) is 0 Å². The summed E-state index contributed by atoms with van der Waals surface area (Å²) in [6.07, 6.45) is 4.09. The number of aromatic nitrogens is 4. The normalized spacial score (nSPS) is 17.0. The van der Waals surface area contributed by atoms with Crippen LogP contribution in [-0.2, 0) is 16.0 Å². The van der Waals surface area contributed by atoms with E-state index in [1.165, 1.54) is 4.90 Å². The number of H-pyrrole nitrogens is 1. The summed E-state index contributed by atoms with van der Waals surface area (Å²) >= 11 is 0. The van der Waals surface area contributed by atoms with Gasteiger partial charge in [-0.25, -0.2) is 4.79 Å². The minimum atomic E-state index is -0.886. The number of pyridine rings is 1. The molecule has 3 aromatic heterocycles. The highest BCUT2D eigenvalue weighted by molar-refractivity contribution is 6.05. The van der Waals surface area contributed by atoms with E-state index in [2.05, 4.69) is 25.8 Å². The van der Waals surface area contributed by atoms with Gasteiger partial charge in [0, 0.05) is 29.8 Å². The molecule has 1 aromatic carbocycles. The monoisotopic (exact) mass is 445 g/mol. The summed E-state index contributed by atoms with van der Waals surface area (Å²) in [4.78, 5) is 42.1. The Morgan fingerprint density at radius 1 is 1.15 bits per heavy atom. The first-order chi connectivity index (χ1) is 16.0. The molecule has 0 bridgehead atoms. The van der Waals surface area contributed by atoms with Crippen molar-refractivity contribution in [2.24, 2.45) is 0 Å².